The molecule has 1 aliphatic rings. The molecule has 0 aliphatic carbocycles. The summed E-state index contributed by atoms with van der Waals surface area (Å²) in [5, 5.41) is 2.96. The number of halogens is 3. The van der Waals surface area contributed by atoms with Gasteiger partial charge in [0.1, 0.15) is 0 Å². The fourth-order valence-corrected chi connectivity index (χ4v) is 4.27. The van der Waals surface area contributed by atoms with Crippen molar-refractivity contribution in [1.29, 1.82) is 0 Å². The largest absolute Gasteiger partial charge is 0.430 e. The molecule has 1 unspecified atom stereocenters. The van der Waals surface area contributed by atoms with E-state index >= 15 is 0 Å². The van der Waals surface area contributed by atoms with Crippen LogP contribution in [0.25, 0.3) is 0 Å². The van der Waals surface area contributed by atoms with E-state index in [-0.39, 0.29) is 18.7 Å². The van der Waals surface area contributed by atoms with Crippen LogP contribution in [0.2, 0.25) is 0 Å². The van der Waals surface area contributed by atoms with Gasteiger partial charge in [0.2, 0.25) is 0 Å². The Labute approximate surface area is 172 Å². The molecule has 5 nitrogen and oxygen atoms in total. The molecule has 2 heterocycles. The Kier molecular flexibility index (Phi) is 6.60. The molecule has 1 aromatic heterocycles. The van der Waals surface area contributed by atoms with Gasteiger partial charge in [0.15, 0.2) is 0 Å². The number of methoxy groups -OCH3 is 1. The van der Waals surface area contributed by atoms with Gasteiger partial charge in [-0.15, -0.1) is 11.3 Å². The van der Waals surface area contributed by atoms with E-state index in [2.05, 4.69) is 9.88 Å². The van der Waals surface area contributed by atoms with Crippen molar-refractivity contribution in [2.24, 2.45) is 0 Å². The molecule has 1 aromatic carbocycles. The molecule has 0 N–H and O–H groups in total. The summed E-state index contributed by atoms with van der Waals surface area (Å²) in [6.45, 7) is 4.18. The van der Waals surface area contributed by atoms with E-state index in [1.54, 1.807) is 17.4 Å². The number of aryl methyl sites for hydroxylation is 1. The number of thiazole rings is 1. The number of carbonyl (C=O) groups is 1. The molecule has 0 bridgehead atoms. The van der Waals surface area contributed by atoms with Gasteiger partial charge in [-0.1, -0.05) is 30.3 Å². The summed E-state index contributed by atoms with van der Waals surface area (Å²) >= 11 is 1.57. The van der Waals surface area contributed by atoms with Crippen LogP contribution in [-0.4, -0.2) is 60.2 Å². The second-order valence-corrected chi connectivity index (χ2v) is 8.09. The number of hydrogen-bond acceptors (Lipinski definition) is 5. The lowest BCUT2D eigenvalue weighted by Gasteiger charge is -2.37. The first kappa shape index (κ1) is 21.7. The van der Waals surface area contributed by atoms with Crippen molar-refractivity contribution in [1.82, 2.24) is 14.8 Å². The molecule has 158 valence electrons. The van der Waals surface area contributed by atoms with Crippen LogP contribution in [0.3, 0.4) is 0 Å². The summed E-state index contributed by atoms with van der Waals surface area (Å²) in [5.41, 5.74) is -2.27. The highest BCUT2D eigenvalue weighted by atomic mass is 32.1. The molecule has 1 fully saturated rings. The average Bonchev–Trinajstić information content (AvgIpc) is 2.95. The van der Waals surface area contributed by atoms with Gasteiger partial charge in [-0.3, -0.25) is 9.69 Å². The van der Waals surface area contributed by atoms with E-state index in [1.165, 1.54) is 29.2 Å². The maximum Gasteiger partial charge on any atom is 0.430 e. The Hall–Kier alpha value is -1.97. The Morgan fingerprint density at radius 1 is 1.17 bits per heavy atom. The molecular weight excluding hydrogens is 403 g/mol. The van der Waals surface area contributed by atoms with E-state index in [9.17, 15) is 18.0 Å². The molecule has 0 radical (unpaired) electrons. The second kappa shape index (κ2) is 8.81. The summed E-state index contributed by atoms with van der Waals surface area (Å²) in [6, 6.07) is 7.12. The maximum atomic E-state index is 14.1. The SMILES string of the molecule is COC(C(=O)N1CCCN(Cc2csc(C)n2)CC1)(c1ccccc1)C(F)(F)F. The van der Waals surface area contributed by atoms with Crippen LogP contribution in [0, 0.1) is 6.92 Å². The number of carbonyl (C=O) groups excluding carboxylic acids is 1. The predicted octanol–water partition coefficient (Wildman–Crippen LogP) is 3.59. The van der Waals surface area contributed by atoms with E-state index in [0.29, 0.717) is 26.1 Å². The number of hydrogen-bond donors (Lipinski definition) is 0. The van der Waals surface area contributed by atoms with E-state index in [4.69, 9.17) is 4.74 Å². The number of ether oxygens (including phenoxy) is 1. The Bertz CT molecular complexity index is 828. The van der Waals surface area contributed by atoms with Gasteiger partial charge in [-0.05, 0) is 13.3 Å². The molecule has 1 saturated heterocycles. The van der Waals surface area contributed by atoms with Crippen molar-refractivity contribution in [2.75, 3.05) is 33.3 Å². The molecule has 1 atom stereocenters. The fraction of sp³-hybridized carbons (Fsp3) is 0.500. The third-order valence-corrected chi connectivity index (χ3v) is 5.94. The highest BCUT2D eigenvalue weighted by molar-refractivity contribution is 7.09. The lowest BCUT2D eigenvalue weighted by molar-refractivity contribution is -0.270. The van der Waals surface area contributed by atoms with Crippen molar-refractivity contribution < 1.29 is 22.7 Å². The number of benzene rings is 1. The Balaban J connectivity index is 1.80. The van der Waals surface area contributed by atoms with Crippen LogP contribution in [0.1, 0.15) is 22.7 Å². The van der Waals surface area contributed by atoms with Crippen LogP contribution in [0.4, 0.5) is 13.2 Å². The fourth-order valence-electron chi connectivity index (χ4n) is 3.67. The van der Waals surface area contributed by atoms with Crippen molar-refractivity contribution in [3.05, 3.63) is 52.0 Å². The Morgan fingerprint density at radius 3 is 2.48 bits per heavy atom. The Morgan fingerprint density at radius 2 is 1.90 bits per heavy atom. The average molecular weight is 427 g/mol. The van der Waals surface area contributed by atoms with Crippen molar-refractivity contribution >= 4 is 17.2 Å². The number of amides is 1. The quantitative estimate of drug-likeness (QED) is 0.732. The predicted molar refractivity (Wildman–Crippen MR) is 105 cm³/mol. The molecule has 2 aromatic rings. The topological polar surface area (TPSA) is 45.7 Å². The van der Waals surface area contributed by atoms with Gasteiger partial charge in [0, 0.05) is 50.8 Å². The number of alkyl halides is 3. The lowest BCUT2D eigenvalue weighted by atomic mass is 9.91. The second-order valence-electron chi connectivity index (χ2n) is 7.03. The smallest absolute Gasteiger partial charge is 0.356 e. The summed E-state index contributed by atoms with van der Waals surface area (Å²) in [4.78, 5) is 21.0. The third kappa shape index (κ3) is 4.46. The highest BCUT2D eigenvalue weighted by Crippen LogP contribution is 2.43. The first-order chi connectivity index (χ1) is 13.8. The standard InChI is InChI=1S/C20H24F3N3O2S/c1-15-24-17(14-29-15)13-25-9-6-10-26(12-11-25)18(27)19(28-2,20(21,22)23)16-7-4-3-5-8-16/h3-5,7-8,14H,6,9-13H2,1-2H3. The first-order valence-electron chi connectivity index (χ1n) is 9.38. The zero-order valence-corrected chi connectivity index (χ0v) is 17.2. The molecule has 9 heteroatoms. The normalized spacial score (nSPS) is 18.3. The van der Waals surface area contributed by atoms with Crippen LogP contribution in [0.15, 0.2) is 35.7 Å². The lowest BCUT2D eigenvalue weighted by Crippen LogP contribution is -2.57. The van der Waals surface area contributed by atoms with Crippen molar-refractivity contribution in [3.63, 3.8) is 0 Å². The molecule has 29 heavy (non-hydrogen) atoms. The van der Waals surface area contributed by atoms with E-state index < -0.39 is 17.7 Å². The zero-order chi connectivity index (χ0) is 21.1. The summed E-state index contributed by atoms with van der Waals surface area (Å²) in [5.74, 6) is -1.06. The number of nitrogens with zero attached hydrogens (tertiary/aromatic N) is 3. The molecule has 0 saturated carbocycles. The third-order valence-electron chi connectivity index (χ3n) is 5.11. The van der Waals surface area contributed by atoms with Crippen LogP contribution < -0.4 is 0 Å². The summed E-state index contributed by atoms with van der Waals surface area (Å²) in [7, 11) is 0.938. The monoisotopic (exact) mass is 427 g/mol. The minimum Gasteiger partial charge on any atom is -0.356 e. The van der Waals surface area contributed by atoms with Gasteiger partial charge in [-0.2, -0.15) is 13.2 Å². The highest BCUT2D eigenvalue weighted by Gasteiger charge is 2.63. The maximum absolute atomic E-state index is 14.1. The van der Waals surface area contributed by atoms with Crippen LogP contribution in [0.5, 0.6) is 0 Å². The zero-order valence-electron chi connectivity index (χ0n) is 16.4. The number of rotatable bonds is 5. The van der Waals surface area contributed by atoms with E-state index in [0.717, 1.165) is 17.8 Å². The first-order valence-corrected chi connectivity index (χ1v) is 10.3. The minimum atomic E-state index is -4.88. The molecular formula is C20H24F3N3O2S. The molecule has 3 rings (SSSR count). The van der Waals surface area contributed by atoms with Crippen LogP contribution >= 0.6 is 11.3 Å². The molecule has 0 spiro atoms. The van der Waals surface area contributed by atoms with Gasteiger partial charge in [-0.25, -0.2) is 4.98 Å². The van der Waals surface area contributed by atoms with Crippen molar-refractivity contribution in [3.8, 4) is 0 Å². The summed E-state index contributed by atoms with van der Waals surface area (Å²) in [6.07, 6.45) is -4.30. The van der Waals surface area contributed by atoms with Gasteiger partial charge in [0.05, 0.1) is 10.7 Å². The van der Waals surface area contributed by atoms with Gasteiger partial charge < -0.3 is 9.64 Å². The van der Waals surface area contributed by atoms with Gasteiger partial charge in [0.25, 0.3) is 11.5 Å². The van der Waals surface area contributed by atoms with Crippen molar-refractivity contribution in [2.45, 2.75) is 31.7 Å². The van der Waals surface area contributed by atoms with E-state index in [1.807, 2.05) is 12.3 Å². The van der Waals surface area contributed by atoms with Crippen LogP contribution in [-0.2, 0) is 21.7 Å². The van der Waals surface area contributed by atoms with Gasteiger partial charge >= 0.3 is 6.18 Å². The minimum absolute atomic E-state index is 0.204. The molecule has 1 amide bonds. The summed E-state index contributed by atoms with van der Waals surface area (Å²) < 4.78 is 47.4. The number of aromatic nitrogens is 1. The molecule has 1 aliphatic heterocycles.